The van der Waals surface area contributed by atoms with Crippen LogP contribution in [-0.2, 0) is 19.5 Å². The summed E-state index contributed by atoms with van der Waals surface area (Å²) in [7, 11) is -4.35. The maximum atomic E-state index is 12.6. The number of benzene rings is 1. The highest BCUT2D eigenvalue weighted by molar-refractivity contribution is 7.90. The van der Waals surface area contributed by atoms with Gasteiger partial charge in [0.25, 0.3) is 10.0 Å². The SMILES string of the molecule is Cc1cc(C)nc(NC(=O)NS(=O)(=O)c2ccccc2C(=O)OC2COC2)n1.[Si]. The van der Waals surface area contributed by atoms with Crippen LogP contribution in [0.5, 0.6) is 0 Å². The number of aryl methyl sites for hydroxylation is 2. The van der Waals surface area contributed by atoms with Gasteiger partial charge in [0.05, 0.1) is 18.8 Å². The zero-order valence-electron chi connectivity index (χ0n) is 15.6. The first kappa shape index (κ1) is 22.5. The van der Waals surface area contributed by atoms with E-state index in [1.807, 2.05) is 4.72 Å². The van der Waals surface area contributed by atoms with Gasteiger partial charge in [-0.3, -0.25) is 5.32 Å². The number of amides is 2. The number of aromatic nitrogens is 2. The van der Waals surface area contributed by atoms with E-state index >= 15 is 0 Å². The molecule has 1 aliphatic rings. The first-order chi connectivity index (χ1) is 13.2. The first-order valence-electron chi connectivity index (χ1n) is 8.28. The Bertz CT molecular complexity index is 1010. The van der Waals surface area contributed by atoms with E-state index in [2.05, 4.69) is 15.3 Å². The Morgan fingerprint density at radius 1 is 1.14 bits per heavy atom. The summed E-state index contributed by atoms with van der Waals surface area (Å²) in [5.74, 6) is -0.852. The molecular formula is C17H18N4O6SSi. The van der Waals surface area contributed by atoms with Crippen molar-refractivity contribution in [1.82, 2.24) is 14.7 Å². The zero-order valence-corrected chi connectivity index (χ0v) is 17.4. The minimum Gasteiger partial charge on any atom is -0.454 e. The normalized spacial score (nSPS) is 13.6. The van der Waals surface area contributed by atoms with Crippen molar-refractivity contribution in [3.05, 3.63) is 47.3 Å². The highest BCUT2D eigenvalue weighted by atomic mass is 32.2. The summed E-state index contributed by atoms with van der Waals surface area (Å²) in [5.41, 5.74) is 1.04. The molecule has 0 aliphatic carbocycles. The van der Waals surface area contributed by atoms with E-state index in [0.29, 0.717) is 11.4 Å². The molecule has 0 spiro atoms. The van der Waals surface area contributed by atoms with E-state index in [1.165, 1.54) is 24.3 Å². The van der Waals surface area contributed by atoms with Gasteiger partial charge in [-0.25, -0.2) is 32.7 Å². The summed E-state index contributed by atoms with van der Waals surface area (Å²) in [6.45, 7) is 3.95. The van der Waals surface area contributed by atoms with Gasteiger partial charge in [0.1, 0.15) is 11.0 Å². The van der Waals surface area contributed by atoms with Crippen LogP contribution in [0.2, 0.25) is 0 Å². The molecule has 1 aromatic heterocycles. The lowest BCUT2D eigenvalue weighted by molar-refractivity contribution is -0.103. The fraction of sp³-hybridized carbons (Fsp3) is 0.294. The second-order valence-electron chi connectivity index (χ2n) is 6.09. The summed E-state index contributed by atoms with van der Waals surface area (Å²) in [5, 5.41) is 2.26. The number of carbonyl (C=O) groups is 2. The molecule has 29 heavy (non-hydrogen) atoms. The third-order valence-corrected chi connectivity index (χ3v) is 5.10. The first-order valence-corrected chi connectivity index (χ1v) is 9.77. The number of sulfonamides is 1. The monoisotopic (exact) mass is 434 g/mol. The molecule has 10 nitrogen and oxygen atoms in total. The fourth-order valence-electron chi connectivity index (χ4n) is 2.45. The molecule has 1 aromatic carbocycles. The molecule has 1 saturated heterocycles. The predicted molar refractivity (Wildman–Crippen MR) is 103 cm³/mol. The van der Waals surface area contributed by atoms with Gasteiger partial charge in [-0.05, 0) is 32.0 Å². The van der Waals surface area contributed by atoms with Crippen molar-refractivity contribution in [2.75, 3.05) is 18.5 Å². The van der Waals surface area contributed by atoms with E-state index in [-0.39, 0.29) is 40.6 Å². The number of carbonyl (C=O) groups excluding carboxylic acids is 2. The maximum absolute atomic E-state index is 12.6. The fourth-order valence-corrected chi connectivity index (χ4v) is 3.56. The maximum Gasteiger partial charge on any atom is 0.339 e. The number of esters is 1. The second kappa shape index (κ2) is 9.11. The number of hydrogen-bond acceptors (Lipinski definition) is 8. The van der Waals surface area contributed by atoms with Gasteiger partial charge in [0, 0.05) is 22.4 Å². The van der Waals surface area contributed by atoms with Crippen LogP contribution in [0.1, 0.15) is 21.7 Å². The molecule has 0 unspecified atom stereocenters. The number of nitrogens with zero attached hydrogens (tertiary/aromatic N) is 2. The molecule has 1 aliphatic heterocycles. The molecule has 0 atom stereocenters. The molecule has 2 aromatic rings. The third-order valence-electron chi connectivity index (χ3n) is 3.71. The molecule has 2 heterocycles. The van der Waals surface area contributed by atoms with Gasteiger partial charge < -0.3 is 9.47 Å². The largest absolute Gasteiger partial charge is 0.454 e. The third kappa shape index (κ3) is 5.59. The molecule has 12 heteroatoms. The van der Waals surface area contributed by atoms with Gasteiger partial charge in [0.2, 0.25) is 5.95 Å². The molecular weight excluding hydrogens is 416 g/mol. The summed E-state index contributed by atoms with van der Waals surface area (Å²) in [6, 6.07) is 6.09. The van der Waals surface area contributed by atoms with Gasteiger partial charge in [-0.1, -0.05) is 12.1 Å². The van der Waals surface area contributed by atoms with Gasteiger partial charge >= 0.3 is 12.0 Å². The molecule has 1 fully saturated rings. The van der Waals surface area contributed by atoms with Crippen LogP contribution >= 0.6 is 0 Å². The molecule has 4 radical (unpaired) electrons. The lowest BCUT2D eigenvalue weighted by Crippen LogP contribution is -2.39. The molecule has 2 amide bonds. The summed E-state index contributed by atoms with van der Waals surface area (Å²) in [6.07, 6.45) is -0.416. The number of rotatable bonds is 5. The summed E-state index contributed by atoms with van der Waals surface area (Å²) in [4.78, 5) is 32.0. The van der Waals surface area contributed by atoms with Crippen molar-refractivity contribution in [3.8, 4) is 0 Å². The Balaban J connectivity index is 0.00000300. The Morgan fingerprint density at radius 3 is 2.34 bits per heavy atom. The van der Waals surface area contributed by atoms with Crippen molar-refractivity contribution in [1.29, 1.82) is 0 Å². The smallest absolute Gasteiger partial charge is 0.339 e. The van der Waals surface area contributed by atoms with Crippen LogP contribution in [0.15, 0.2) is 35.2 Å². The standard InChI is InChI=1S/C17H18N4O6S.Si/c1-10-7-11(2)19-16(18-10)20-17(23)21-28(24,25)14-6-4-3-5-13(14)15(22)27-12-8-26-9-12;/h3-7,12H,8-9H2,1-2H3,(H2,18,19,20,21,23);. The Kier molecular flexibility index (Phi) is 7.05. The Morgan fingerprint density at radius 2 is 1.76 bits per heavy atom. The molecule has 152 valence electrons. The quantitative estimate of drug-likeness (QED) is 0.520. The Hall–Kier alpha value is -2.83. The average molecular weight is 435 g/mol. The van der Waals surface area contributed by atoms with Crippen LogP contribution in [0.3, 0.4) is 0 Å². The minimum absolute atomic E-state index is 0. The predicted octanol–water partition coefficient (Wildman–Crippen LogP) is 0.779. The highest BCUT2D eigenvalue weighted by Gasteiger charge is 2.29. The van der Waals surface area contributed by atoms with E-state index in [9.17, 15) is 18.0 Å². The lowest BCUT2D eigenvalue weighted by atomic mass is 10.2. The van der Waals surface area contributed by atoms with E-state index < -0.39 is 28.1 Å². The second-order valence-corrected chi connectivity index (χ2v) is 7.75. The van der Waals surface area contributed by atoms with Crippen molar-refractivity contribution in [3.63, 3.8) is 0 Å². The topological polar surface area (TPSA) is 137 Å². The van der Waals surface area contributed by atoms with Gasteiger partial charge in [-0.15, -0.1) is 0 Å². The van der Waals surface area contributed by atoms with Crippen LogP contribution in [0.25, 0.3) is 0 Å². The van der Waals surface area contributed by atoms with Crippen molar-refractivity contribution in [2.45, 2.75) is 24.8 Å². The van der Waals surface area contributed by atoms with Crippen molar-refractivity contribution >= 4 is 38.9 Å². The lowest BCUT2D eigenvalue weighted by Gasteiger charge is -2.25. The summed E-state index contributed by atoms with van der Waals surface area (Å²) < 4.78 is 37.2. The van der Waals surface area contributed by atoms with Crippen LogP contribution < -0.4 is 10.0 Å². The molecule has 2 N–H and O–H groups in total. The van der Waals surface area contributed by atoms with E-state index in [0.717, 1.165) is 0 Å². The van der Waals surface area contributed by atoms with Gasteiger partial charge in [-0.2, -0.15) is 0 Å². The van der Waals surface area contributed by atoms with Crippen LogP contribution in [-0.4, -0.2) is 60.7 Å². The van der Waals surface area contributed by atoms with E-state index in [1.54, 1.807) is 19.9 Å². The zero-order chi connectivity index (χ0) is 20.3. The van der Waals surface area contributed by atoms with Gasteiger partial charge in [0.15, 0.2) is 0 Å². The average Bonchev–Trinajstić information content (AvgIpc) is 2.56. The summed E-state index contributed by atoms with van der Waals surface area (Å²) >= 11 is 0. The number of urea groups is 1. The molecule has 0 saturated carbocycles. The number of nitrogens with one attached hydrogen (secondary N) is 2. The van der Waals surface area contributed by atoms with E-state index in [4.69, 9.17) is 9.47 Å². The number of ether oxygens (including phenoxy) is 2. The van der Waals surface area contributed by atoms with Crippen LogP contribution in [0.4, 0.5) is 10.7 Å². The molecule has 3 rings (SSSR count). The van der Waals surface area contributed by atoms with Crippen molar-refractivity contribution in [2.24, 2.45) is 0 Å². The minimum atomic E-state index is -4.35. The van der Waals surface area contributed by atoms with Crippen LogP contribution in [0, 0.1) is 13.8 Å². The van der Waals surface area contributed by atoms with Crippen molar-refractivity contribution < 1.29 is 27.5 Å². The highest BCUT2D eigenvalue weighted by Crippen LogP contribution is 2.18. The molecule has 0 bridgehead atoms. The Labute approximate surface area is 172 Å². The number of anilines is 1. The number of hydrogen-bond donors (Lipinski definition) is 2.